The molecule has 0 unspecified atom stereocenters. The highest BCUT2D eigenvalue weighted by Crippen LogP contribution is 2.43. The summed E-state index contributed by atoms with van der Waals surface area (Å²) in [6.45, 7) is 2.14. The molecule has 0 saturated heterocycles. The maximum atomic E-state index is 6.34. The van der Waals surface area contributed by atoms with Gasteiger partial charge in [0.05, 0.1) is 11.2 Å². The van der Waals surface area contributed by atoms with Crippen LogP contribution in [0.4, 0.5) is 0 Å². The van der Waals surface area contributed by atoms with Crippen molar-refractivity contribution in [3.8, 4) is 39.4 Å². The summed E-state index contributed by atoms with van der Waals surface area (Å²) in [6, 6.07) is 36.4. The smallest absolute Gasteiger partial charge is 0.153 e. The highest BCUT2D eigenvalue weighted by atomic mass is 16.5. The number of fused-ring (bicyclic) bond motifs is 3. The Morgan fingerprint density at radius 3 is 2.15 bits per heavy atom. The van der Waals surface area contributed by atoms with Crippen molar-refractivity contribution in [1.82, 2.24) is 9.55 Å². The van der Waals surface area contributed by atoms with E-state index in [0.29, 0.717) is 0 Å². The normalized spacial score (nSPS) is 12.0. The van der Waals surface area contributed by atoms with E-state index >= 15 is 0 Å². The molecule has 0 aliphatic carbocycles. The second-order valence-electron chi connectivity index (χ2n) is 8.76. The van der Waals surface area contributed by atoms with Crippen molar-refractivity contribution in [2.45, 2.75) is 13.3 Å². The van der Waals surface area contributed by atoms with Gasteiger partial charge in [0, 0.05) is 6.42 Å². The summed E-state index contributed by atoms with van der Waals surface area (Å²) in [5.41, 5.74) is 7.83. The van der Waals surface area contributed by atoms with Gasteiger partial charge in [-0.1, -0.05) is 79.7 Å². The minimum atomic E-state index is 0.862. The van der Waals surface area contributed by atoms with Gasteiger partial charge in [0.15, 0.2) is 11.5 Å². The molecule has 3 heteroatoms. The third-order valence-corrected chi connectivity index (χ3v) is 6.75. The zero-order valence-corrected chi connectivity index (χ0v) is 18.8. The summed E-state index contributed by atoms with van der Waals surface area (Å²) in [5.74, 6) is 2.78. The van der Waals surface area contributed by atoms with Gasteiger partial charge in [0.25, 0.3) is 0 Å². The van der Waals surface area contributed by atoms with Crippen LogP contribution in [0, 0.1) is 0 Å². The van der Waals surface area contributed by atoms with Crippen LogP contribution >= 0.6 is 0 Å². The molecule has 0 saturated carbocycles. The first-order valence-corrected chi connectivity index (χ1v) is 11.7. The summed E-state index contributed by atoms with van der Waals surface area (Å²) in [5, 5.41) is 2.52. The van der Waals surface area contributed by atoms with Gasteiger partial charge >= 0.3 is 0 Å². The van der Waals surface area contributed by atoms with Crippen molar-refractivity contribution in [3.63, 3.8) is 0 Å². The molecule has 1 aliphatic rings. The van der Waals surface area contributed by atoms with E-state index in [-0.39, 0.29) is 0 Å². The van der Waals surface area contributed by atoms with Gasteiger partial charge in [-0.2, -0.15) is 0 Å². The number of hydrogen-bond acceptors (Lipinski definition) is 2. The van der Waals surface area contributed by atoms with Gasteiger partial charge in [-0.05, 0) is 63.4 Å². The lowest BCUT2D eigenvalue weighted by Gasteiger charge is -2.21. The van der Waals surface area contributed by atoms with Crippen LogP contribution < -0.4 is 4.74 Å². The van der Waals surface area contributed by atoms with Crippen LogP contribution in [-0.2, 0) is 6.42 Å². The van der Waals surface area contributed by atoms with Crippen LogP contribution in [0.2, 0.25) is 0 Å². The quantitative estimate of drug-likeness (QED) is 0.278. The molecule has 0 spiro atoms. The summed E-state index contributed by atoms with van der Waals surface area (Å²) in [4.78, 5) is 4.82. The third-order valence-electron chi connectivity index (χ3n) is 6.75. The summed E-state index contributed by atoms with van der Waals surface area (Å²) >= 11 is 0. The fourth-order valence-corrected chi connectivity index (χ4v) is 5.03. The van der Waals surface area contributed by atoms with E-state index < -0.39 is 0 Å². The molecule has 1 aliphatic heterocycles. The summed E-state index contributed by atoms with van der Waals surface area (Å²) in [6.07, 6.45) is 0.867. The largest absolute Gasteiger partial charge is 0.453 e. The van der Waals surface area contributed by atoms with E-state index in [9.17, 15) is 0 Å². The second-order valence-corrected chi connectivity index (χ2v) is 8.76. The molecular formula is C31H22N2O. The summed E-state index contributed by atoms with van der Waals surface area (Å²) in [7, 11) is 0. The van der Waals surface area contributed by atoms with Crippen molar-refractivity contribution in [2.75, 3.05) is 0 Å². The molecular weight excluding hydrogens is 416 g/mol. The number of aryl methyl sites for hydroxylation is 1. The SMILES string of the molecule is CCc1nc2cccc3c2n1-c1ccc(-c2ccc(-c4ccc5ccccc5c4)cc2)cc1O3. The van der Waals surface area contributed by atoms with Crippen molar-refractivity contribution in [3.05, 3.63) is 109 Å². The van der Waals surface area contributed by atoms with Gasteiger partial charge < -0.3 is 4.74 Å². The Hall–Kier alpha value is -4.37. The standard InChI is InChI=1S/C31H22N2O/c1-2-30-32-26-8-5-9-28-31(26)33(30)27-17-16-25(19-29(27)34-28)22-12-10-21(11-13-22)24-15-14-20-6-3-4-7-23(20)18-24/h3-19H,2H2,1H3. The molecule has 0 amide bonds. The van der Waals surface area contributed by atoms with Crippen LogP contribution in [0.5, 0.6) is 11.5 Å². The lowest BCUT2D eigenvalue weighted by atomic mass is 9.98. The highest BCUT2D eigenvalue weighted by Gasteiger charge is 2.23. The van der Waals surface area contributed by atoms with Crippen LogP contribution in [0.15, 0.2) is 103 Å². The van der Waals surface area contributed by atoms with Crippen molar-refractivity contribution in [1.29, 1.82) is 0 Å². The molecule has 34 heavy (non-hydrogen) atoms. The van der Waals surface area contributed by atoms with Crippen LogP contribution in [0.3, 0.4) is 0 Å². The molecule has 0 fully saturated rings. The minimum absolute atomic E-state index is 0.862. The Kier molecular flexibility index (Phi) is 4.12. The lowest BCUT2D eigenvalue weighted by Crippen LogP contribution is -2.07. The molecule has 162 valence electrons. The van der Waals surface area contributed by atoms with Crippen molar-refractivity contribution in [2.24, 2.45) is 0 Å². The molecule has 0 radical (unpaired) electrons. The van der Waals surface area contributed by atoms with Crippen molar-refractivity contribution >= 4 is 21.8 Å². The van der Waals surface area contributed by atoms with E-state index in [1.54, 1.807) is 0 Å². The topological polar surface area (TPSA) is 27.1 Å². The van der Waals surface area contributed by atoms with E-state index in [1.807, 2.05) is 18.2 Å². The molecule has 7 rings (SSSR count). The second kappa shape index (κ2) is 7.32. The maximum Gasteiger partial charge on any atom is 0.153 e. The van der Waals surface area contributed by atoms with Gasteiger partial charge in [-0.15, -0.1) is 0 Å². The van der Waals surface area contributed by atoms with E-state index in [4.69, 9.17) is 9.72 Å². The lowest BCUT2D eigenvalue weighted by molar-refractivity contribution is 0.474. The number of aromatic nitrogens is 2. The number of nitrogens with zero attached hydrogens (tertiary/aromatic N) is 2. The average molecular weight is 439 g/mol. The number of para-hydroxylation sites is 1. The molecule has 3 nitrogen and oxygen atoms in total. The Bertz CT molecular complexity index is 1710. The van der Waals surface area contributed by atoms with Crippen LogP contribution in [0.25, 0.3) is 49.7 Å². The van der Waals surface area contributed by atoms with Crippen molar-refractivity contribution < 1.29 is 4.74 Å². The van der Waals surface area contributed by atoms with Gasteiger partial charge in [-0.3, -0.25) is 4.57 Å². The molecule has 0 N–H and O–H groups in total. The van der Waals surface area contributed by atoms with E-state index in [0.717, 1.165) is 46.0 Å². The average Bonchev–Trinajstić information content (AvgIpc) is 3.28. The Labute approximate surface area is 197 Å². The molecule has 6 aromatic rings. The third kappa shape index (κ3) is 2.87. The minimum Gasteiger partial charge on any atom is -0.453 e. The predicted molar refractivity (Wildman–Crippen MR) is 139 cm³/mol. The maximum absolute atomic E-state index is 6.34. The number of rotatable bonds is 3. The van der Waals surface area contributed by atoms with Gasteiger partial charge in [0.1, 0.15) is 11.3 Å². The number of imidazole rings is 1. The highest BCUT2D eigenvalue weighted by molar-refractivity contribution is 5.89. The van der Waals surface area contributed by atoms with Crippen LogP contribution in [0.1, 0.15) is 12.7 Å². The van der Waals surface area contributed by atoms with Crippen LogP contribution in [-0.4, -0.2) is 9.55 Å². The predicted octanol–water partition coefficient (Wildman–Crippen LogP) is 8.18. The first-order chi connectivity index (χ1) is 16.8. The number of benzene rings is 5. The number of ether oxygens (including phenoxy) is 1. The fraction of sp³-hybridized carbons (Fsp3) is 0.0645. The zero-order chi connectivity index (χ0) is 22.6. The molecule has 2 heterocycles. The van der Waals surface area contributed by atoms with E-state index in [2.05, 4.69) is 96.4 Å². The monoisotopic (exact) mass is 438 g/mol. The van der Waals surface area contributed by atoms with Gasteiger partial charge in [0.2, 0.25) is 0 Å². The Morgan fingerprint density at radius 2 is 1.35 bits per heavy atom. The molecule has 5 aromatic carbocycles. The fourth-order valence-electron chi connectivity index (χ4n) is 5.03. The number of hydrogen-bond donors (Lipinski definition) is 0. The zero-order valence-electron chi connectivity index (χ0n) is 18.8. The first kappa shape index (κ1) is 19.1. The molecule has 0 atom stereocenters. The first-order valence-electron chi connectivity index (χ1n) is 11.7. The Balaban J connectivity index is 1.27. The van der Waals surface area contributed by atoms with Gasteiger partial charge in [-0.25, -0.2) is 4.98 Å². The molecule has 0 bridgehead atoms. The summed E-state index contributed by atoms with van der Waals surface area (Å²) < 4.78 is 8.59. The Morgan fingerprint density at radius 1 is 0.647 bits per heavy atom. The van der Waals surface area contributed by atoms with E-state index in [1.165, 1.54) is 27.5 Å². The molecule has 1 aromatic heterocycles.